The molecule has 0 spiro atoms. The molecule has 7 atom stereocenters. The second-order valence-electron chi connectivity index (χ2n) is 11.6. The number of amides is 1. The van der Waals surface area contributed by atoms with Crippen molar-refractivity contribution in [2.24, 2.45) is 0 Å². The normalized spacial score (nSPS) is 24.6. The van der Waals surface area contributed by atoms with Crippen molar-refractivity contribution in [3.8, 4) is 0 Å². The molecule has 1 aliphatic rings. The highest BCUT2D eigenvalue weighted by atomic mass is 16.7. The summed E-state index contributed by atoms with van der Waals surface area (Å²) in [5.41, 5.74) is 0. The van der Waals surface area contributed by atoms with Crippen LogP contribution in [0.25, 0.3) is 0 Å². The number of nitrogens with one attached hydrogen (secondary N) is 1. The van der Waals surface area contributed by atoms with Gasteiger partial charge in [-0.2, -0.15) is 0 Å². The van der Waals surface area contributed by atoms with Crippen LogP contribution in [0.15, 0.2) is 0 Å². The van der Waals surface area contributed by atoms with Gasteiger partial charge >= 0.3 is 0 Å². The van der Waals surface area contributed by atoms with E-state index >= 15 is 0 Å². The first-order valence-corrected chi connectivity index (χ1v) is 16.2. The Kier molecular flexibility index (Phi) is 22.1. The van der Waals surface area contributed by atoms with Crippen LogP contribution in [-0.2, 0) is 14.3 Å². The van der Waals surface area contributed by atoms with Crippen LogP contribution in [0.3, 0.4) is 0 Å². The van der Waals surface area contributed by atoms with Gasteiger partial charge in [-0.25, -0.2) is 0 Å². The van der Waals surface area contributed by atoms with E-state index in [1.54, 1.807) is 0 Å². The highest BCUT2D eigenvalue weighted by molar-refractivity contribution is 5.76. The number of hydrogen-bond acceptors (Lipinski definition) is 8. The third kappa shape index (κ3) is 16.0. The number of aliphatic hydroxyl groups excluding tert-OH is 5. The zero-order valence-corrected chi connectivity index (χ0v) is 25.4. The number of ether oxygens (including phenoxy) is 2. The zero-order chi connectivity index (χ0) is 29.6. The SMILES string of the molecule is CCCCCCCCCCCCCC(O)C(COC1OC(CO)C(O)C(O)C1O)NC(=O)CCCCCCCC. The minimum atomic E-state index is -1.54. The zero-order valence-electron chi connectivity index (χ0n) is 25.4. The lowest BCUT2D eigenvalue weighted by atomic mass is 9.99. The molecule has 0 aliphatic carbocycles. The van der Waals surface area contributed by atoms with Crippen molar-refractivity contribution < 1.29 is 39.8 Å². The van der Waals surface area contributed by atoms with E-state index in [-0.39, 0.29) is 12.5 Å². The van der Waals surface area contributed by atoms with E-state index < -0.39 is 49.5 Å². The summed E-state index contributed by atoms with van der Waals surface area (Å²) in [7, 11) is 0. The fourth-order valence-electron chi connectivity index (χ4n) is 5.22. The molecule has 238 valence electrons. The Bertz CT molecular complexity index is 608. The molecule has 0 aromatic heterocycles. The fraction of sp³-hybridized carbons (Fsp3) is 0.968. The summed E-state index contributed by atoms with van der Waals surface area (Å²) in [6, 6.07) is -0.705. The first-order chi connectivity index (χ1) is 19.3. The van der Waals surface area contributed by atoms with Gasteiger partial charge in [0.15, 0.2) is 6.29 Å². The number of rotatable bonds is 25. The van der Waals surface area contributed by atoms with Gasteiger partial charge in [0.1, 0.15) is 24.4 Å². The van der Waals surface area contributed by atoms with Crippen molar-refractivity contribution in [3.63, 3.8) is 0 Å². The predicted molar refractivity (Wildman–Crippen MR) is 157 cm³/mol. The fourth-order valence-corrected chi connectivity index (χ4v) is 5.22. The van der Waals surface area contributed by atoms with Gasteiger partial charge in [-0.1, -0.05) is 117 Å². The van der Waals surface area contributed by atoms with Crippen LogP contribution in [0.5, 0.6) is 0 Å². The highest BCUT2D eigenvalue weighted by Gasteiger charge is 2.44. The molecule has 1 aliphatic heterocycles. The molecule has 1 heterocycles. The minimum Gasteiger partial charge on any atom is -0.394 e. The van der Waals surface area contributed by atoms with Gasteiger partial charge in [0, 0.05) is 6.42 Å². The summed E-state index contributed by atoms with van der Waals surface area (Å²) < 4.78 is 11.1. The van der Waals surface area contributed by atoms with E-state index in [2.05, 4.69) is 19.2 Å². The lowest BCUT2D eigenvalue weighted by Gasteiger charge is -2.40. The average molecular weight is 576 g/mol. The first kappa shape index (κ1) is 37.2. The maximum Gasteiger partial charge on any atom is 0.220 e. The smallest absolute Gasteiger partial charge is 0.220 e. The maximum absolute atomic E-state index is 12.7. The minimum absolute atomic E-state index is 0.135. The lowest BCUT2D eigenvalue weighted by molar-refractivity contribution is -0.302. The van der Waals surface area contributed by atoms with Gasteiger partial charge in [-0.15, -0.1) is 0 Å². The molecular weight excluding hydrogens is 514 g/mol. The van der Waals surface area contributed by atoms with E-state index in [4.69, 9.17) is 9.47 Å². The van der Waals surface area contributed by atoms with Crippen LogP contribution in [0, 0.1) is 0 Å². The molecule has 1 rings (SSSR count). The Balaban J connectivity index is 2.49. The molecular formula is C31H61NO8. The van der Waals surface area contributed by atoms with Gasteiger partial charge in [-0.05, 0) is 12.8 Å². The Labute approximate surface area is 243 Å². The molecule has 1 saturated heterocycles. The van der Waals surface area contributed by atoms with Crippen molar-refractivity contribution >= 4 is 5.91 Å². The van der Waals surface area contributed by atoms with Crippen LogP contribution in [0.2, 0.25) is 0 Å². The number of hydrogen-bond donors (Lipinski definition) is 6. The molecule has 40 heavy (non-hydrogen) atoms. The summed E-state index contributed by atoms with van der Waals surface area (Å²) in [5.74, 6) is -0.157. The molecule has 1 fully saturated rings. The second-order valence-corrected chi connectivity index (χ2v) is 11.6. The molecule has 1 amide bonds. The van der Waals surface area contributed by atoms with E-state index in [0.717, 1.165) is 38.5 Å². The molecule has 0 aromatic rings. The van der Waals surface area contributed by atoms with Crippen molar-refractivity contribution in [2.45, 2.75) is 179 Å². The summed E-state index contributed by atoms with van der Waals surface area (Å²) in [5, 5.41) is 53.6. The summed E-state index contributed by atoms with van der Waals surface area (Å²) in [4.78, 5) is 12.7. The lowest BCUT2D eigenvalue weighted by Crippen LogP contribution is -2.60. The van der Waals surface area contributed by atoms with Crippen LogP contribution >= 0.6 is 0 Å². The van der Waals surface area contributed by atoms with E-state index in [1.165, 1.54) is 70.6 Å². The Morgan fingerprint density at radius 1 is 0.750 bits per heavy atom. The van der Waals surface area contributed by atoms with Crippen molar-refractivity contribution in [2.75, 3.05) is 13.2 Å². The standard InChI is InChI=1S/C31H61NO8/c1-3-5-7-9-11-12-13-14-15-16-18-20-25(34)24(32-27(35)21-19-17-10-8-6-4-2)23-39-31-30(38)29(37)28(36)26(22-33)40-31/h24-26,28-31,33-34,36-38H,3-23H2,1-2H3,(H,32,35). The molecule has 0 aromatic carbocycles. The number of unbranched alkanes of at least 4 members (excludes halogenated alkanes) is 15. The molecule has 9 heteroatoms. The molecule has 7 unspecified atom stereocenters. The predicted octanol–water partition coefficient (Wildman–Crippen LogP) is 4.10. The molecule has 6 N–H and O–H groups in total. The largest absolute Gasteiger partial charge is 0.394 e. The maximum atomic E-state index is 12.7. The third-order valence-electron chi connectivity index (χ3n) is 7.96. The van der Waals surface area contributed by atoms with Gasteiger partial charge in [-0.3, -0.25) is 4.79 Å². The van der Waals surface area contributed by atoms with Crippen molar-refractivity contribution in [1.82, 2.24) is 5.32 Å². The van der Waals surface area contributed by atoms with Crippen LogP contribution in [0.4, 0.5) is 0 Å². The van der Waals surface area contributed by atoms with E-state index in [0.29, 0.717) is 12.8 Å². The monoisotopic (exact) mass is 575 g/mol. The average Bonchev–Trinajstić information content (AvgIpc) is 2.95. The quantitative estimate of drug-likeness (QED) is 0.0892. The van der Waals surface area contributed by atoms with Gasteiger partial charge in [0.2, 0.25) is 5.91 Å². The summed E-state index contributed by atoms with van der Waals surface area (Å²) in [6.45, 7) is 3.72. The van der Waals surface area contributed by atoms with Crippen LogP contribution < -0.4 is 5.32 Å². The van der Waals surface area contributed by atoms with Crippen molar-refractivity contribution in [1.29, 1.82) is 0 Å². The first-order valence-electron chi connectivity index (χ1n) is 16.2. The topological polar surface area (TPSA) is 149 Å². The summed E-state index contributed by atoms with van der Waals surface area (Å²) >= 11 is 0. The van der Waals surface area contributed by atoms with Crippen LogP contribution in [0.1, 0.15) is 136 Å². The summed E-state index contributed by atoms with van der Waals surface area (Å²) in [6.07, 6.45) is 12.8. The second kappa shape index (κ2) is 23.7. The molecule has 0 bridgehead atoms. The molecule has 0 saturated carbocycles. The van der Waals surface area contributed by atoms with E-state index in [1.807, 2.05) is 0 Å². The molecule has 9 nitrogen and oxygen atoms in total. The van der Waals surface area contributed by atoms with Crippen LogP contribution in [-0.4, -0.2) is 87.5 Å². The van der Waals surface area contributed by atoms with E-state index in [9.17, 15) is 30.3 Å². The Morgan fingerprint density at radius 3 is 1.77 bits per heavy atom. The van der Waals surface area contributed by atoms with Gasteiger partial charge < -0.3 is 40.3 Å². The number of carbonyl (C=O) groups excluding carboxylic acids is 1. The Morgan fingerprint density at radius 2 is 1.25 bits per heavy atom. The van der Waals surface area contributed by atoms with Crippen molar-refractivity contribution in [3.05, 3.63) is 0 Å². The number of aliphatic hydroxyl groups is 5. The Hall–Kier alpha value is -0.810. The highest BCUT2D eigenvalue weighted by Crippen LogP contribution is 2.23. The third-order valence-corrected chi connectivity index (χ3v) is 7.96. The number of carbonyl (C=O) groups is 1. The van der Waals surface area contributed by atoms with Gasteiger partial charge in [0.25, 0.3) is 0 Å². The van der Waals surface area contributed by atoms with Gasteiger partial charge in [0.05, 0.1) is 25.4 Å². The molecule has 0 radical (unpaired) electrons.